The van der Waals surface area contributed by atoms with Crippen LogP contribution in [0.2, 0.25) is 0 Å². The highest BCUT2D eigenvalue weighted by molar-refractivity contribution is 5.96. The molecule has 0 fully saturated rings. The average Bonchev–Trinajstić information content (AvgIpc) is 3.24. The summed E-state index contributed by atoms with van der Waals surface area (Å²) in [4.78, 5) is 105. The van der Waals surface area contributed by atoms with Crippen LogP contribution in [0.3, 0.4) is 0 Å². The van der Waals surface area contributed by atoms with Gasteiger partial charge in [-0.1, -0.05) is 38.1 Å². The zero-order valence-corrected chi connectivity index (χ0v) is 37.2. The molecule has 2 aromatic rings. The number of hydrogen-bond donors (Lipinski definition) is 14. The van der Waals surface area contributed by atoms with Gasteiger partial charge in [0.25, 0.3) is 5.69 Å². The molecular formula is C41H63N15O10. The third-order valence-corrected chi connectivity index (χ3v) is 9.75. The second-order valence-corrected chi connectivity index (χ2v) is 15.9. The smallest absolute Gasteiger partial charge is 0.269 e. The summed E-state index contributed by atoms with van der Waals surface area (Å²) in [7, 11) is 1.35. The van der Waals surface area contributed by atoms with Gasteiger partial charge in [-0.25, -0.2) is 0 Å². The van der Waals surface area contributed by atoms with Gasteiger partial charge in [-0.3, -0.25) is 54.5 Å². The van der Waals surface area contributed by atoms with Crippen LogP contribution in [0.1, 0.15) is 57.1 Å². The predicted octanol–water partition coefficient (Wildman–Crippen LogP) is -3.02. The van der Waals surface area contributed by atoms with Crippen LogP contribution in [0, 0.1) is 26.9 Å². The molecule has 66 heavy (non-hydrogen) atoms. The number of carbonyl (C=O) groups is 7. The van der Waals surface area contributed by atoms with Gasteiger partial charge < -0.3 is 70.2 Å². The fourth-order valence-electron chi connectivity index (χ4n) is 6.36. The summed E-state index contributed by atoms with van der Waals surface area (Å²) in [5, 5.41) is 53.4. The van der Waals surface area contributed by atoms with Crippen LogP contribution in [-0.2, 0) is 46.4 Å². The summed E-state index contributed by atoms with van der Waals surface area (Å²) in [5.41, 5.74) is 23.1. The van der Waals surface area contributed by atoms with Gasteiger partial charge in [0.15, 0.2) is 11.9 Å². The molecule has 18 N–H and O–H groups in total. The molecular weight excluding hydrogens is 863 g/mol. The quantitative estimate of drug-likeness (QED) is 0.0133. The molecule has 25 nitrogen and oxygen atoms in total. The first-order valence-corrected chi connectivity index (χ1v) is 21.0. The van der Waals surface area contributed by atoms with Crippen molar-refractivity contribution >= 4 is 59.0 Å². The van der Waals surface area contributed by atoms with Crippen LogP contribution in [-0.4, -0.2) is 132 Å². The molecule has 25 heteroatoms. The number of aromatic hydroxyl groups is 1. The highest BCUT2D eigenvalue weighted by atomic mass is 16.6. The lowest BCUT2D eigenvalue weighted by molar-refractivity contribution is -0.384. The van der Waals surface area contributed by atoms with Crippen molar-refractivity contribution in [2.45, 2.75) is 89.0 Å². The SMILES string of the molecule is CC(C)C[C@H](NC(=O)[C@H](Cc1ccc([N+](=O)[O-])cc1)NC(=O)CNC(=O)CN(C)C(=O)[C@@H](N)Cc1ccc(O)cc1)C(=O)N[C@H](CCCNC(=N)N)C(=O)N[C@H](CCCNC(=N)N)C(N)=O. The van der Waals surface area contributed by atoms with E-state index in [9.17, 15) is 48.8 Å². The Morgan fingerprint density at radius 2 is 1.18 bits per heavy atom. The van der Waals surface area contributed by atoms with Crippen molar-refractivity contribution < 1.29 is 43.6 Å². The van der Waals surface area contributed by atoms with Gasteiger partial charge in [0.1, 0.15) is 29.9 Å². The zero-order chi connectivity index (χ0) is 49.5. The Morgan fingerprint density at radius 3 is 1.71 bits per heavy atom. The monoisotopic (exact) mass is 925 g/mol. The molecule has 5 atom stereocenters. The number of rotatable bonds is 28. The molecule has 2 aromatic carbocycles. The Morgan fingerprint density at radius 1 is 0.697 bits per heavy atom. The normalized spacial score (nSPS) is 13.0. The third-order valence-electron chi connectivity index (χ3n) is 9.75. The van der Waals surface area contributed by atoms with Gasteiger partial charge >= 0.3 is 0 Å². The molecule has 0 saturated carbocycles. The molecule has 362 valence electrons. The number of phenols is 1. The predicted molar refractivity (Wildman–Crippen MR) is 242 cm³/mol. The lowest BCUT2D eigenvalue weighted by Crippen LogP contribution is -2.59. The Hall–Kier alpha value is -7.57. The number of nitrogens with one attached hydrogen (secondary N) is 9. The molecule has 0 aliphatic carbocycles. The van der Waals surface area contributed by atoms with E-state index in [1.165, 1.54) is 43.4 Å². The standard InChI is InChI=1S/C41H63N15O10/c1-23(2)18-31(37(62)53-30(7-5-17-49-41(46)47)36(61)52-29(35(43)60)6-4-16-48-40(44)45)54-38(63)32(20-25-8-12-26(13-9-25)56(65)66)51-33(58)21-50-34(59)22-55(3)39(64)28(42)19-24-10-14-27(57)15-11-24/h8-15,23,28-32,57H,4-7,16-22,42H2,1-3H3,(H2,43,60)(H,50,59)(H,51,58)(H,52,61)(H,53,62)(H,54,63)(H4,44,45,48)(H4,46,47,49)/t28-,29+,30+,31-,32-/m0/s1. The summed E-state index contributed by atoms with van der Waals surface area (Å²) in [6.07, 6.45) is 0.505. The second-order valence-electron chi connectivity index (χ2n) is 15.9. The number of amides is 7. The summed E-state index contributed by atoms with van der Waals surface area (Å²) < 4.78 is 0. The van der Waals surface area contributed by atoms with Crippen LogP contribution in [0.25, 0.3) is 0 Å². The molecule has 0 bridgehead atoms. The van der Waals surface area contributed by atoms with E-state index < -0.39 is 89.6 Å². The molecule has 0 saturated heterocycles. The van der Waals surface area contributed by atoms with Gasteiger partial charge in [-0.05, 0) is 67.7 Å². The topological polar surface area (TPSA) is 422 Å². The molecule has 0 spiro atoms. The number of phenolic OH excluding ortho intramolecular Hbond substituents is 1. The van der Waals surface area contributed by atoms with Crippen molar-refractivity contribution in [2.75, 3.05) is 33.2 Å². The van der Waals surface area contributed by atoms with Gasteiger partial charge in [-0.2, -0.15) is 0 Å². The Balaban J connectivity index is 2.26. The minimum atomic E-state index is -1.41. The number of nitrogens with two attached hydrogens (primary N) is 4. The average molecular weight is 926 g/mol. The second kappa shape index (κ2) is 27.6. The van der Waals surface area contributed by atoms with E-state index in [0.717, 1.165) is 4.90 Å². The highest BCUT2D eigenvalue weighted by Crippen LogP contribution is 2.15. The van der Waals surface area contributed by atoms with Gasteiger partial charge in [0.2, 0.25) is 41.4 Å². The first-order valence-electron chi connectivity index (χ1n) is 21.0. The first kappa shape index (κ1) is 54.6. The minimum Gasteiger partial charge on any atom is -0.508 e. The highest BCUT2D eigenvalue weighted by Gasteiger charge is 2.32. The summed E-state index contributed by atoms with van der Waals surface area (Å²) >= 11 is 0. The molecule has 0 heterocycles. The molecule has 0 aliphatic heterocycles. The first-order chi connectivity index (χ1) is 31.1. The number of guanidine groups is 2. The van der Waals surface area contributed by atoms with E-state index in [1.807, 2.05) is 0 Å². The van der Waals surface area contributed by atoms with Crippen LogP contribution in [0.5, 0.6) is 5.75 Å². The lowest BCUT2D eigenvalue weighted by atomic mass is 10.00. The number of benzene rings is 2. The number of nitrogens with zero attached hydrogens (tertiary/aromatic N) is 2. The fourth-order valence-corrected chi connectivity index (χ4v) is 6.36. The number of likely N-dealkylation sites (N-methyl/N-ethyl adjacent to an activating group) is 1. The fraction of sp³-hybridized carbons (Fsp3) is 0.488. The van der Waals surface area contributed by atoms with Crippen LogP contribution in [0.4, 0.5) is 5.69 Å². The maximum Gasteiger partial charge on any atom is 0.269 e. The van der Waals surface area contributed by atoms with Crippen molar-refractivity contribution in [3.05, 3.63) is 69.8 Å². The van der Waals surface area contributed by atoms with Crippen molar-refractivity contribution in [2.24, 2.45) is 28.9 Å². The molecule has 0 unspecified atom stereocenters. The number of carbonyl (C=O) groups excluding carboxylic acids is 7. The van der Waals surface area contributed by atoms with Crippen LogP contribution >= 0.6 is 0 Å². The van der Waals surface area contributed by atoms with Gasteiger partial charge in [-0.15, -0.1) is 0 Å². The lowest BCUT2D eigenvalue weighted by Gasteiger charge is -2.27. The zero-order valence-electron chi connectivity index (χ0n) is 37.2. The largest absolute Gasteiger partial charge is 0.508 e. The van der Waals surface area contributed by atoms with E-state index in [4.69, 9.17) is 33.8 Å². The molecule has 0 aliphatic rings. The summed E-state index contributed by atoms with van der Waals surface area (Å²) in [5.74, 6) is -6.21. The van der Waals surface area contributed by atoms with Crippen LogP contribution in [0.15, 0.2) is 48.5 Å². The summed E-state index contributed by atoms with van der Waals surface area (Å²) in [6.45, 7) is 2.79. The number of hydrogen-bond acceptors (Lipinski definition) is 13. The summed E-state index contributed by atoms with van der Waals surface area (Å²) in [6, 6.07) is 5.12. The van der Waals surface area contributed by atoms with E-state index in [0.29, 0.717) is 11.1 Å². The van der Waals surface area contributed by atoms with Gasteiger partial charge in [0, 0.05) is 38.7 Å². The Bertz CT molecular complexity index is 2020. The number of non-ortho nitro benzene ring substituents is 1. The minimum absolute atomic E-state index is 0.0152. The van der Waals surface area contributed by atoms with Crippen LogP contribution < -0.4 is 60.2 Å². The number of primary amides is 1. The van der Waals surface area contributed by atoms with Crippen molar-refractivity contribution in [3.8, 4) is 5.75 Å². The Labute approximate surface area is 381 Å². The molecule has 0 aromatic heterocycles. The van der Waals surface area contributed by atoms with Gasteiger partial charge in [0.05, 0.1) is 24.1 Å². The number of nitro benzene ring substituents is 1. The molecule has 2 rings (SSSR count). The molecule has 7 amide bonds. The van der Waals surface area contributed by atoms with E-state index in [1.54, 1.807) is 26.0 Å². The maximum atomic E-state index is 14.0. The van der Waals surface area contributed by atoms with E-state index in [2.05, 4.69) is 37.2 Å². The van der Waals surface area contributed by atoms with E-state index in [-0.39, 0.29) is 87.3 Å². The van der Waals surface area contributed by atoms with Crippen molar-refractivity contribution in [3.63, 3.8) is 0 Å². The molecule has 0 radical (unpaired) electrons. The van der Waals surface area contributed by atoms with E-state index >= 15 is 0 Å². The van der Waals surface area contributed by atoms with Crippen molar-refractivity contribution in [1.29, 1.82) is 10.8 Å². The number of nitro groups is 1. The third kappa shape index (κ3) is 20.7. The maximum absolute atomic E-state index is 14.0. The van der Waals surface area contributed by atoms with Crippen molar-refractivity contribution in [1.82, 2.24) is 42.1 Å². The Kier molecular flexibility index (Phi) is 22.8.